The fraction of sp³-hybridized carbons (Fsp3) is 0.500. The van der Waals surface area contributed by atoms with Crippen molar-refractivity contribution in [2.75, 3.05) is 0 Å². The molecule has 0 bridgehead atoms. The van der Waals surface area contributed by atoms with Crippen molar-refractivity contribution >= 4 is 28.9 Å². The number of thiazole rings is 1. The number of esters is 1. The molecule has 0 radical (unpaired) electrons. The van der Waals surface area contributed by atoms with E-state index in [0.717, 1.165) is 0 Å². The first-order chi connectivity index (χ1) is 7.21. The number of carbonyl (C=O) groups excluding carboxylic acids is 1. The molecular weight excluding hydrogens is 267 g/mol. The average Bonchev–Trinajstić information content (AvgIpc) is 2.45. The van der Waals surface area contributed by atoms with Crippen LogP contribution in [0, 0.1) is 0 Å². The summed E-state index contributed by atoms with van der Waals surface area (Å²) in [4.78, 5) is 13.8. The normalized spacial score (nSPS) is 11.9. The van der Waals surface area contributed by atoms with E-state index in [4.69, 9.17) is 11.6 Å². The van der Waals surface area contributed by atoms with Crippen LogP contribution in [0.2, 0.25) is 4.47 Å². The molecule has 0 saturated carbocycles. The number of rotatable bonds is 2. The summed E-state index contributed by atoms with van der Waals surface area (Å²) in [5.74, 6) is -1.06. The molecule has 0 spiro atoms. The van der Waals surface area contributed by atoms with Crippen LogP contribution in [0.4, 0.5) is 13.2 Å². The van der Waals surface area contributed by atoms with Gasteiger partial charge in [-0.15, -0.1) is 0 Å². The SMILES string of the molecule is CC(C)OC(=O)c1sc(Cl)nc1C(F)(F)F. The highest BCUT2D eigenvalue weighted by Gasteiger charge is 2.40. The molecule has 90 valence electrons. The van der Waals surface area contributed by atoms with Gasteiger partial charge >= 0.3 is 12.1 Å². The van der Waals surface area contributed by atoms with Gasteiger partial charge in [-0.2, -0.15) is 13.2 Å². The van der Waals surface area contributed by atoms with Gasteiger partial charge in [0.05, 0.1) is 6.10 Å². The highest BCUT2D eigenvalue weighted by Crippen LogP contribution is 2.36. The lowest BCUT2D eigenvalue weighted by Crippen LogP contribution is -2.16. The van der Waals surface area contributed by atoms with Gasteiger partial charge in [-0.3, -0.25) is 0 Å². The van der Waals surface area contributed by atoms with Gasteiger partial charge < -0.3 is 4.74 Å². The molecule has 0 unspecified atom stereocenters. The topological polar surface area (TPSA) is 39.2 Å². The molecule has 8 heteroatoms. The molecule has 1 heterocycles. The minimum Gasteiger partial charge on any atom is -0.459 e. The standard InChI is InChI=1S/C8H7ClF3NO2S/c1-3(2)15-6(14)4-5(8(10,11)12)13-7(9)16-4/h3H,1-2H3. The fourth-order valence-electron chi connectivity index (χ4n) is 0.892. The minimum atomic E-state index is -4.71. The van der Waals surface area contributed by atoms with Crippen molar-refractivity contribution in [2.24, 2.45) is 0 Å². The number of nitrogens with zero attached hydrogens (tertiary/aromatic N) is 1. The first-order valence-corrected chi connectivity index (χ1v) is 5.35. The van der Waals surface area contributed by atoms with Crippen molar-refractivity contribution in [1.82, 2.24) is 4.98 Å². The summed E-state index contributed by atoms with van der Waals surface area (Å²) >= 11 is 5.80. The van der Waals surface area contributed by atoms with Crippen molar-refractivity contribution in [3.63, 3.8) is 0 Å². The van der Waals surface area contributed by atoms with Gasteiger partial charge in [0.15, 0.2) is 10.2 Å². The van der Waals surface area contributed by atoms with Gasteiger partial charge in [0, 0.05) is 0 Å². The van der Waals surface area contributed by atoms with Crippen molar-refractivity contribution in [2.45, 2.75) is 26.1 Å². The van der Waals surface area contributed by atoms with E-state index in [-0.39, 0.29) is 4.47 Å². The summed E-state index contributed by atoms with van der Waals surface area (Å²) in [7, 11) is 0. The Morgan fingerprint density at radius 3 is 2.50 bits per heavy atom. The van der Waals surface area contributed by atoms with E-state index in [1.807, 2.05) is 0 Å². The summed E-state index contributed by atoms with van der Waals surface area (Å²) < 4.78 is 41.6. The molecule has 0 saturated heterocycles. The molecule has 1 aromatic heterocycles. The van der Waals surface area contributed by atoms with Crippen LogP contribution in [-0.2, 0) is 10.9 Å². The molecule has 0 N–H and O–H groups in total. The number of carbonyl (C=O) groups is 1. The van der Waals surface area contributed by atoms with Crippen LogP contribution >= 0.6 is 22.9 Å². The third-order valence-electron chi connectivity index (χ3n) is 1.40. The third-order valence-corrected chi connectivity index (χ3v) is 2.54. The number of hydrogen-bond donors (Lipinski definition) is 0. The van der Waals surface area contributed by atoms with E-state index in [0.29, 0.717) is 11.3 Å². The summed E-state index contributed by atoms with van der Waals surface area (Å²) in [6, 6.07) is 0. The van der Waals surface area contributed by atoms with Gasteiger partial charge in [0.25, 0.3) is 0 Å². The van der Waals surface area contributed by atoms with E-state index < -0.39 is 28.8 Å². The van der Waals surface area contributed by atoms with Crippen molar-refractivity contribution in [1.29, 1.82) is 0 Å². The predicted molar refractivity (Wildman–Crippen MR) is 52.7 cm³/mol. The van der Waals surface area contributed by atoms with Crippen LogP contribution in [0.5, 0.6) is 0 Å². The van der Waals surface area contributed by atoms with Crippen molar-refractivity contribution < 1.29 is 22.7 Å². The molecule has 0 aliphatic rings. The quantitative estimate of drug-likeness (QED) is 0.776. The van der Waals surface area contributed by atoms with Crippen LogP contribution < -0.4 is 0 Å². The smallest absolute Gasteiger partial charge is 0.435 e. The number of hydrogen-bond acceptors (Lipinski definition) is 4. The number of alkyl halides is 3. The van der Waals surface area contributed by atoms with Crippen LogP contribution in [0.15, 0.2) is 0 Å². The lowest BCUT2D eigenvalue weighted by atomic mass is 10.3. The molecule has 0 fully saturated rings. The molecule has 1 rings (SSSR count). The van der Waals surface area contributed by atoms with Gasteiger partial charge in [0.1, 0.15) is 4.88 Å². The Morgan fingerprint density at radius 2 is 2.06 bits per heavy atom. The Hall–Kier alpha value is -0.820. The monoisotopic (exact) mass is 273 g/mol. The van der Waals surface area contributed by atoms with E-state index >= 15 is 0 Å². The lowest BCUT2D eigenvalue weighted by Gasteiger charge is -2.08. The summed E-state index contributed by atoms with van der Waals surface area (Å²) in [6.07, 6.45) is -5.22. The minimum absolute atomic E-state index is 0.344. The predicted octanol–water partition coefficient (Wildman–Crippen LogP) is 3.38. The van der Waals surface area contributed by atoms with Gasteiger partial charge in [0.2, 0.25) is 0 Å². The second kappa shape index (κ2) is 4.58. The first kappa shape index (κ1) is 13.2. The average molecular weight is 274 g/mol. The molecule has 0 aliphatic carbocycles. The molecular formula is C8H7ClF3NO2S. The zero-order chi connectivity index (χ0) is 12.5. The lowest BCUT2D eigenvalue weighted by molar-refractivity contribution is -0.141. The van der Waals surface area contributed by atoms with Crippen molar-refractivity contribution in [3.05, 3.63) is 15.0 Å². The van der Waals surface area contributed by atoms with E-state index in [1.54, 1.807) is 0 Å². The Balaban J connectivity index is 3.09. The highest BCUT2D eigenvalue weighted by atomic mass is 35.5. The Labute approximate surface area is 98.2 Å². The van der Waals surface area contributed by atoms with Crippen LogP contribution in [-0.4, -0.2) is 17.1 Å². The molecule has 3 nitrogen and oxygen atoms in total. The van der Waals surface area contributed by atoms with Gasteiger partial charge in [-0.05, 0) is 13.8 Å². The van der Waals surface area contributed by atoms with Crippen molar-refractivity contribution in [3.8, 4) is 0 Å². The largest absolute Gasteiger partial charge is 0.459 e. The van der Waals surface area contributed by atoms with Crippen LogP contribution in [0.3, 0.4) is 0 Å². The zero-order valence-corrected chi connectivity index (χ0v) is 9.83. The molecule has 1 aromatic rings. The fourth-order valence-corrected chi connectivity index (χ4v) is 1.90. The summed E-state index contributed by atoms with van der Waals surface area (Å²) in [5.41, 5.74) is -1.30. The maximum Gasteiger partial charge on any atom is 0.435 e. The van der Waals surface area contributed by atoms with Gasteiger partial charge in [-0.25, -0.2) is 9.78 Å². The number of halogens is 4. The van der Waals surface area contributed by atoms with E-state index in [2.05, 4.69) is 9.72 Å². The van der Waals surface area contributed by atoms with E-state index in [9.17, 15) is 18.0 Å². The van der Waals surface area contributed by atoms with Gasteiger partial charge in [-0.1, -0.05) is 22.9 Å². The Bertz CT molecular complexity index is 402. The maximum absolute atomic E-state index is 12.4. The number of aromatic nitrogens is 1. The van der Waals surface area contributed by atoms with Crippen LogP contribution in [0.25, 0.3) is 0 Å². The highest BCUT2D eigenvalue weighted by molar-refractivity contribution is 7.17. The Morgan fingerprint density at radius 1 is 1.50 bits per heavy atom. The molecule has 0 amide bonds. The second-order valence-corrected chi connectivity index (χ2v) is 4.68. The summed E-state index contributed by atoms with van der Waals surface area (Å²) in [5, 5.41) is 0. The number of ether oxygens (including phenoxy) is 1. The first-order valence-electron chi connectivity index (χ1n) is 4.16. The molecule has 16 heavy (non-hydrogen) atoms. The second-order valence-electron chi connectivity index (χ2n) is 3.10. The maximum atomic E-state index is 12.4. The molecule has 0 aromatic carbocycles. The zero-order valence-electron chi connectivity index (χ0n) is 8.26. The van der Waals surface area contributed by atoms with Crippen LogP contribution in [0.1, 0.15) is 29.2 Å². The molecule has 0 aliphatic heterocycles. The Kier molecular flexibility index (Phi) is 3.80. The summed E-state index contributed by atoms with van der Waals surface area (Å²) in [6.45, 7) is 3.07. The molecule has 0 atom stereocenters. The third kappa shape index (κ3) is 3.08. The van der Waals surface area contributed by atoms with E-state index in [1.165, 1.54) is 13.8 Å².